The van der Waals surface area contributed by atoms with Crippen LogP contribution in [0.25, 0.3) is 85.8 Å². The highest BCUT2D eigenvalue weighted by atomic mass is 32.1. The van der Waals surface area contributed by atoms with Crippen LogP contribution in [0.3, 0.4) is 0 Å². The van der Waals surface area contributed by atoms with Crippen LogP contribution in [0.15, 0.2) is 128 Å². The van der Waals surface area contributed by atoms with E-state index in [1.165, 1.54) is 41.4 Å². The van der Waals surface area contributed by atoms with Crippen LogP contribution in [0.1, 0.15) is 0 Å². The second-order valence-corrected chi connectivity index (χ2v) is 12.7. The lowest BCUT2D eigenvalue weighted by molar-refractivity contribution is 1.07. The zero-order chi connectivity index (χ0) is 29.0. The van der Waals surface area contributed by atoms with E-state index < -0.39 is 0 Å². The number of fused-ring (bicyclic) bond motifs is 6. The molecule has 9 aromatic rings. The molecule has 4 heterocycles. The normalized spacial score (nSPS) is 11.6. The number of nitrogens with zero attached hydrogens (tertiary/aromatic N) is 5. The lowest BCUT2D eigenvalue weighted by atomic mass is 10.0. The van der Waals surface area contributed by atoms with Crippen LogP contribution < -0.4 is 0 Å². The molecule has 7 heteroatoms. The lowest BCUT2D eigenvalue weighted by Gasteiger charge is -2.08. The fourth-order valence-corrected chi connectivity index (χ4v) is 8.13. The van der Waals surface area contributed by atoms with E-state index in [1.54, 1.807) is 29.0 Å². The van der Waals surface area contributed by atoms with Crippen molar-refractivity contribution < 1.29 is 0 Å². The maximum atomic E-state index is 4.93. The molecule has 0 saturated heterocycles. The summed E-state index contributed by atoms with van der Waals surface area (Å²) in [7, 11) is 0. The maximum absolute atomic E-state index is 4.93. The zero-order valence-electron chi connectivity index (χ0n) is 23.2. The molecule has 0 N–H and O–H groups in total. The molecule has 0 atom stereocenters. The molecular formula is C37H21N5S2. The Hall–Kier alpha value is -5.37. The standard InChI is InChI=1S/C37H21N5S2/c1-3-8-22(9-4-1)35-40-36(23-10-5-2-6-11-23)42-37(41-35)25-15-17-28-27-16-14-24(18-30(27)43-31(28)19-25)26-12-7-13-29-33-32(44-34(26)29)20-38-21-39-33/h1-21H. The second kappa shape index (κ2) is 10.1. The largest absolute Gasteiger partial charge is 0.243 e. The fourth-order valence-electron chi connectivity index (χ4n) is 5.79. The molecule has 0 radical (unpaired) electrons. The van der Waals surface area contributed by atoms with Crippen molar-refractivity contribution in [3.8, 4) is 45.3 Å². The Kier molecular flexibility index (Phi) is 5.79. The molecule has 0 aliphatic rings. The minimum absolute atomic E-state index is 0.664. The van der Waals surface area contributed by atoms with Crippen LogP contribution in [-0.4, -0.2) is 24.9 Å². The van der Waals surface area contributed by atoms with E-state index in [-0.39, 0.29) is 0 Å². The molecule has 4 aromatic heterocycles. The van der Waals surface area contributed by atoms with Gasteiger partial charge in [0.1, 0.15) is 6.33 Å². The van der Waals surface area contributed by atoms with Crippen LogP contribution >= 0.6 is 22.7 Å². The number of aromatic nitrogens is 5. The van der Waals surface area contributed by atoms with E-state index in [1.807, 2.05) is 66.9 Å². The summed E-state index contributed by atoms with van der Waals surface area (Å²) in [6, 6.07) is 40.0. The van der Waals surface area contributed by atoms with Crippen molar-refractivity contribution in [2.75, 3.05) is 0 Å². The summed E-state index contributed by atoms with van der Waals surface area (Å²) >= 11 is 3.55. The molecule has 0 unspecified atom stereocenters. The highest BCUT2D eigenvalue weighted by Gasteiger charge is 2.16. The minimum Gasteiger partial charge on any atom is -0.243 e. The summed E-state index contributed by atoms with van der Waals surface area (Å²) in [5, 5.41) is 3.66. The minimum atomic E-state index is 0.664. The third-order valence-electron chi connectivity index (χ3n) is 7.90. The number of hydrogen-bond acceptors (Lipinski definition) is 7. The Morgan fingerprint density at radius 3 is 1.75 bits per heavy atom. The number of hydrogen-bond donors (Lipinski definition) is 0. The first kappa shape index (κ1) is 25.2. The molecule has 0 amide bonds. The summed E-state index contributed by atoms with van der Waals surface area (Å²) in [4.78, 5) is 23.5. The Morgan fingerprint density at radius 2 is 1.07 bits per heavy atom. The second-order valence-electron chi connectivity index (χ2n) is 10.6. The van der Waals surface area contributed by atoms with E-state index in [2.05, 4.69) is 64.6 Å². The van der Waals surface area contributed by atoms with Gasteiger partial charge in [-0.15, -0.1) is 22.7 Å². The van der Waals surface area contributed by atoms with Crippen LogP contribution in [0.4, 0.5) is 0 Å². The fraction of sp³-hybridized carbons (Fsp3) is 0. The van der Waals surface area contributed by atoms with Gasteiger partial charge in [-0.25, -0.2) is 24.9 Å². The van der Waals surface area contributed by atoms with Gasteiger partial charge in [0, 0.05) is 53.1 Å². The molecular weight excluding hydrogens is 579 g/mol. The van der Waals surface area contributed by atoms with Crippen molar-refractivity contribution in [3.63, 3.8) is 0 Å². The molecule has 0 saturated carbocycles. The molecule has 0 fully saturated rings. The zero-order valence-corrected chi connectivity index (χ0v) is 24.8. The summed E-state index contributed by atoms with van der Waals surface area (Å²) < 4.78 is 4.80. The van der Waals surface area contributed by atoms with Crippen molar-refractivity contribution in [1.82, 2.24) is 24.9 Å². The van der Waals surface area contributed by atoms with Gasteiger partial charge in [-0.1, -0.05) is 103 Å². The van der Waals surface area contributed by atoms with E-state index in [0.29, 0.717) is 17.5 Å². The SMILES string of the molecule is c1ccc(-c2nc(-c3ccccc3)nc(-c3ccc4c(c3)sc3cc(-c5cccc6c5sc5cncnc56)ccc34)n2)cc1. The van der Waals surface area contributed by atoms with Crippen molar-refractivity contribution in [2.24, 2.45) is 0 Å². The van der Waals surface area contributed by atoms with E-state index in [0.717, 1.165) is 26.9 Å². The number of thiophene rings is 2. The summed E-state index contributed by atoms with van der Waals surface area (Å²) in [6.07, 6.45) is 3.53. The quantitative estimate of drug-likeness (QED) is 0.201. The third kappa shape index (κ3) is 4.17. The van der Waals surface area contributed by atoms with Gasteiger partial charge in [-0.3, -0.25) is 0 Å². The molecule has 206 valence electrons. The van der Waals surface area contributed by atoms with Gasteiger partial charge in [0.2, 0.25) is 0 Å². The topological polar surface area (TPSA) is 64.5 Å². The van der Waals surface area contributed by atoms with Gasteiger partial charge in [-0.05, 0) is 23.3 Å². The van der Waals surface area contributed by atoms with Crippen LogP contribution in [0.5, 0.6) is 0 Å². The number of rotatable bonds is 4. The first-order chi connectivity index (χ1) is 21.8. The molecule has 44 heavy (non-hydrogen) atoms. The summed E-state index contributed by atoms with van der Waals surface area (Å²) in [5.41, 5.74) is 6.33. The third-order valence-corrected chi connectivity index (χ3v) is 10.2. The first-order valence-electron chi connectivity index (χ1n) is 14.2. The average Bonchev–Trinajstić information content (AvgIpc) is 3.66. The van der Waals surface area contributed by atoms with Gasteiger partial charge in [0.15, 0.2) is 17.5 Å². The van der Waals surface area contributed by atoms with Crippen molar-refractivity contribution in [2.45, 2.75) is 0 Å². The van der Waals surface area contributed by atoms with Crippen molar-refractivity contribution in [1.29, 1.82) is 0 Å². The van der Waals surface area contributed by atoms with E-state index in [9.17, 15) is 0 Å². The monoisotopic (exact) mass is 599 g/mol. The Balaban J connectivity index is 1.17. The lowest BCUT2D eigenvalue weighted by Crippen LogP contribution is -1.99. The van der Waals surface area contributed by atoms with Gasteiger partial charge >= 0.3 is 0 Å². The average molecular weight is 600 g/mol. The Morgan fingerprint density at radius 1 is 0.455 bits per heavy atom. The highest BCUT2D eigenvalue weighted by molar-refractivity contribution is 7.26. The Labute approximate surface area is 260 Å². The van der Waals surface area contributed by atoms with Crippen molar-refractivity contribution >= 4 is 63.1 Å². The first-order valence-corrected chi connectivity index (χ1v) is 15.9. The predicted molar refractivity (Wildman–Crippen MR) is 183 cm³/mol. The molecule has 5 aromatic carbocycles. The maximum Gasteiger partial charge on any atom is 0.164 e. The summed E-state index contributed by atoms with van der Waals surface area (Å²) in [5.74, 6) is 1.99. The molecule has 0 aliphatic heterocycles. The van der Waals surface area contributed by atoms with E-state index >= 15 is 0 Å². The van der Waals surface area contributed by atoms with Crippen LogP contribution in [0, 0.1) is 0 Å². The van der Waals surface area contributed by atoms with Gasteiger partial charge in [0.25, 0.3) is 0 Å². The highest BCUT2D eigenvalue weighted by Crippen LogP contribution is 2.42. The molecule has 5 nitrogen and oxygen atoms in total. The Bertz CT molecular complexity index is 2440. The molecule has 0 spiro atoms. The summed E-state index contributed by atoms with van der Waals surface area (Å²) in [6.45, 7) is 0. The van der Waals surface area contributed by atoms with Gasteiger partial charge < -0.3 is 0 Å². The van der Waals surface area contributed by atoms with Gasteiger partial charge in [0.05, 0.1) is 10.2 Å². The van der Waals surface area contributed by atoms with E-state index in [4.69, 9.17) is 15.0 Å². The molecule has 0 aliphatic carbocycles. The van der Waals surface area contributed by atoms with Crippen LogP contribution in [-0.2, 0) is 0 Å². The smallest absolute Gasteiger partial charge is 0.164 e. The molecule has 9 rings (SSSR count). The van der Waals surface area contributed by atoms with Gasteiger partial charge in [-0.2, -0.15) is 0 Å². The predicted octanol–water partition coefficient (Wildman–Crippen LogP) is 10.1. The number of benzene rings is 5. The van der Waals surface area contributed by atoms with Crippen molar-refractivity contribution in [3.05, 3.63) is 128 Å². The molecule has 0 bridgehead atoms. The van der Waals surface area contributed by atoms with Crippen LogP contribution in [0.2, 0.25) is 0 Å².